The first-order valence-electron chi connectivity index (χ1n) is 8.12. The minimum Gasteiger partial charge on any atom is -0.465 e. The number of rotatable bonds is 4. The minimum absolute atomic E-state index is 0.0518. The van der Waals surface area contributed by atoms with Crippen LogP contribution in [-0.2, 0) is 4.79 Å². The van der Waals surface area contributed by atoms with Gasteiger partial charge in [0.05, 0.1) is 22.4 Å². The predicted molar refractivity (Wildman–Crippen MR) is 100 cm³/mol. The van der Waals surface area contributed by atoms with Gasteiger partial charge < -0.3 is 4.42 Å². The molecule has 1 aromatic heterocycles. The number of benzene rings is 2. The summed E-state index contributed by atoms with van der Waals surface area (Å²) in [4.78, 5) is 23.4. The summed E-state index contributed by atoms with van der Waals surface area (Å²) in [6.45, 7) is 0. The van der Waals surface area contributed by atoms with E-state index in [1.807, 2.05) is 30.3 Å². The van der Waals surface area contributed by atoms with E-state index < -0.39 is 4.92 Å². The molecule has 2 heterocycles. The van der Waals surface area contributed by atoms with E-state index in [-0.39, 0.29) is 11.6 Å². The van der Waals surface area contributed by atoms with Crippen molar-refractivity contribution in [2.75, 3.05) is 5.01 Å². The Kier molecular flexibility index (Phi) is 4.10. The fourth-order valence-electron chi connectivity index (χ4n) is 2.76. The van der Waals surface area contributed by atoms with Crippen LogP contribution in [0.1, 0.15) is 11.3 Å². The van der Waals surface area contributed by atoms with Gasteiger partial charge in [0.15, 0.2) is 0 Å². The Morgan fingerprint density at radius 3 is 2.37 bits per heavy atom. The second kappa shape index (κ2) is 6.72. The average Bonchev–Trinajstić information content (AvgIpc) is 3.32. The van der Waals surface area contributed by atoms with E-state index in [2.05, 4.69) is 5.10 Å². The number of hydrogen-bond donors (Lipinski definition) is 0. The maximum atomic E-state index is 13.0. The zero-order valence-corrected chi connectivity index (χ0v) is 14.0. The lowest BCUT2D eigenvalue weighted by molar-refractivity contribution is -0.384. The van der Waals surface area contributed by atoms with E-state index in [9.17, 15) is 14.9 Å². The van der Waals surface area contributed by atoms with Gasteiger partial charge in [-0.25, -0.2) is 0 Å². The highest BCUT2D eigenvalue weighted by molar-refractivity contribution is 6.37. The van der Waals surface area contributed by atoms with Crippen molar-refractivity contribution in [2.24, 2.45) is 5.10 Å². The maximum Gasteiger partial charge on any atom is 0.281 e. The fraction of sp³-hybridized carbons (Fsp3) is 0. The zero-order valence-electron chi connectivity index (χ0n) is 14.0. The van der Waals surface area contributed by atoms with Gasteiger partial charge in [-0.1, -0.05) is 30.3 Å². The van der Waals surface area contributed by atoms with Crippen molar-refractivity contribution in [3.05, 3.63) is 100 Å². The number of hydrazone groups is 1. The third kappa shape index (κ3) is 3.13. The van der Waals surface area contributed by atoms with Crippen molar-refractivity contribution in [3.63, 3.8) is 0 Å². The fourth-order valence-corrected chi connectivity index (χ4v) is 2.76. The van der Waals surface area contributed by atoms with Crippen molar-refractivity contribution in [3.8, 4) is 0 Å². The summed E-state index contributed by atoms with van der Waals surface area (Å²) in [5, 5.41) is 16.5. The van der Waals surface area contributed by atoms with E-state index >= 15 is 0 Å². The first-order chi connectivity index (χ1) is 13.1. The second-order valence-corrected chi connectivity index (χ2v) is 5.78. The maximum absolute atomic E-state index is 13.0. The summed E-state index contributed by atoms with van der Waals surface area (Å²) in [5.74, 6) is 0.201. The molecule has 0 unspecified atom stereocenters. The number of hydrogen-bond acceptors (Lipinski definition) is 5. The van der Waals surface area contributed by atoms with Crippen LogP contribution < -0.4 is 5.01 Å². The van der Waals surface area contributed by atoms with Gasteiger partial charge in [0.2, 0.25) is 0 Å². The Bertz CT molecular complexity index is 1050. The van der Waals surface area contributed by atoms with Crippen molar-refractivity contribution in [1.82, 2.24) is 0 Å². The topological polar surface area (TPSA) is 89.0 Å². The molecule has 0 fully saturated rings. The number of nitro benzene ring substituents is 1. The van der Waals surface area contributed by atoms with Gasteiger partial charge in [0.1, 0.15) is 11.5 Å². The van der Waals surface area contributed by atoms with Gasteiger partial charge in [-0.15, -0.1) is 0 Å². The SMILES string of the molecule is O=C1/C(=C/c2ccco2)C(c2ccccc2)=NN1c1ccc([N+](=O)[O-])cc1. The van der Waals surface area contributed by atoms with Gasteiger partial charge >= 0.3 is 0 Å². The Balaban J connectivity index is 1.78. The number of non-ortho nitro benzene ring substituents is 1. The van der Waals surface area contributed by atoms with Crippen molar-refractivity contribution in [1.29, 1.82) is 0 Å². The second-order valence-electron chi connectivity index (χ2n) is 5.78. The molecule has 0 radical (unpaired) electrons. The molecule has 4 rings (SSSR count). The van der Waals surface area contributed by atoms with Crippen LogP contribution in [0.25, 0.3) is 6.08 Å². The Labute approximate surface area is 154 Å². The number of furan rings is 1. The molecule has 1 aliphatic heterocycles. The third-order valence-electron chi connectivity index (χ3n) is 4.06. The van der Waals surface area contributed by atoms with Crippen LogP contribution in [0.4, 0.5) is 11.4 Å². The van der Waals surface area contributed by atoms with E-state index in [0.29, 0.717) is 22.7 Å². The minimum atomic E-state index is -0.490. The first kappa shape index (κ1) is 16.5. The molecule has 0 saturated carbocycles. The number of amides is 1. The molecule has 0 spiro atoms. The van der Waals surface area contributed by atoms with Crippen LogP contribution in [0, 0.1) is 10.1 Å². The van der Waals surface area contributed by atoms with E-state index in [1.54, 1.807) is 18.2 Å². The monoisotopic (exact) mass is 359 g/mol. The summed E-state index contributed by atoms with van der Waals surface area (Å²) < 4.78 is 5.33. The Morgan fingerprint density at radius 2 is 1.74 bits per heavy atom. The number of nitro groups is 1. The van der Waals surface area contributed by atoms with E-state index in [1.165, 1.54) is 35.5 Å². The summed E-state index contributed by atoms with van der Waals surface area (Å²) in [6, 6.07) is 18.5. The van der Waals surface area contributed by atoms with Gasteiger partial charge in [-0.2, -0.15) is 10.1 Å². The lowest BCUT2D eigenvalue weighted by Gasteiger charge is -2.10. The highest BCUT2D eigenvalue weighted by Gasteiger charge is 2.32. The highest BCUT2D eigenvalue weighted by atomic mass is 16.6. The van der Waals surface area contributed by atoms with Gasteiger partial charge in [-0.05, 0) is 30.3 Å². The van der Waals surface area contributed by atoms with Crippen LogP contribution in [0.5, 0.6) is 0 Å². The number of carbonyl (C=O) groups excluding carboxylic acids is 1. The van der Waals surface area contributed by atoms with Crippen LogP contribution in [-0.4, -0.2) is 16.5 Å². The third-order valence-corrected chi connectivity index (χ3v) is 4.06. The number of carbonyl (C=O) groups is 1. The molecule has 0 N–H and O–H groups in total. The summed E-state index contributed by atoms with van der Waals surface area (Å²) in [5.41, 5.74) is 2.07. The Morgan fingerprint density at radius 1 is 1.00 bits per heavy atom. The zero-order chi connectivity index (χ0) is 18.8. The van der Waals surface area contributed by atoms with Crippen molar-refractivity contribution < 1.29 is 14.1 Å². The van der Waals surface area contributed by atoms with Crippen molar-refractivity contribution in [2.45, 2.75) is 0 Å². The summed E-state index contributed by atoms with van der Waals surface area (Å²) >= 11 is 0. The molecule has 7 nitrogen and oxygen atoms in total. The largest absolute Gasteiger partial charge is 0.465 e. The number of nitrogens with zero attached hydrogens (tertiary/aromatic N) is 3. The van der Waals surface area contributed by atoms with Crippen LogP contribution in [0.3, 0.4) is 0 Å². The van der Waals surface area contributed by atoms with Gasteiger partial charge in [0.25, 0.3) is 11.6 Å². The lowest BCUT2D eigenvalue weighted by atomic mass is 10.0. The van der Waals surface area contributed by atoms with Crippen molar-refractivity contribution >= 4 is 29.1 Å². The van der Waals surface area contributed by atoms with E-state index in [0.717, 1.165) is 5.56 Å². The van der Waals surface area contributed by atoms with E-state index in [4.69, 9.17) is 4.42 Å². The standard InChI is InChI=1S/C20H13N3O4/c24-20-18(13-17-7-4-12-27-17)19(14-5-2-1-3-6-14)21-22(20)15-8-10-16(11-9-15)23(25)26/h1-13H/b18-13+. The molecule has 0 atom stereocenters. The molecule has 7 heteroatoms. The molecular weight excluding hydrogens is 346 g/mol. The molecule has 132 valence electrons. The molecule has 27 heavy (non-hydrogen) atoms. The van der Waals surface area contributed by atoms with Gasteiger partial charge in [-0.3, -0.25) is 14.9 Å². The highest BCUT2D eigenvalue weighted by Crippen LogP contribution is 2.29. The van der Waals surface area contributed by atoms with Crippen LogP contribution in [0.2, 0.25) is 0 Å². The molecule has 1 amide bonds. The van der Waals surface area contributed by atoms with Crippen LogP contribution >= 0.6 is 0 Å². The summed E-state index contributed by atoms with van der Waals surface area (Å²) in [7, 11) is 0. The molecule has 0 aliphatic carbocycles. The Hall–Kier alpha value is -4.00. The normalized spacial score (nSPS) is 15.3. The molecule has 2 aromatic carbocycles. The number of anilines is 1. The van der Waals surface area contributed by atoms with Crippen LogP contribution in [0.15, 0.2) is 88.1 Å². The molecule has 0 bridgehead atoms. The molecule has 1 aliphatic rings. The first-order valence-corrected chi connectivity index (χ1v) is 8.12. The molecule has 0 saturated heterocycles. The predicted octanol–water partition coefficient (Wildman–Crippen LogP) is 4.02. The molecule has 3 aromatic rings. The smallest absolute Gasteiger partial charge is 0.281 e. The lowest BCUT2D eigenvalue weighted by Crippen LogP contribution is -2.21. The molecular formula is C20H13N3O4. The summed E-state index contributed by atoms with van der Waals surface area (Å²) in [6.07, 6.45) is 3.17. The van der Waals surface area contributed by atoms with Gasteiger partial charge in [0, 0.05) is 17.7 Å². The average molecular weight is 359 g/mol. The quantitative estimate of drug-likeness (QED) is 0.400.